The molecule has 0 aliphatic heterocycles. The number of carbonyl (C=O) groups is 1. The number of aryl methyl sites for hydroxylation is 1. The van der Waals surface area contributed by atoms with Gasteiger partial charge in [-0.05, 0) is 17.4 Å². The van der Waals surface area contributed by atoms with Crippen molar-refractivity contribution in [3.8, 4) is 22.5 Å². The highest BCUT2D eigenvalue weighted by molar-refractivity contribution is 7.96. The number of hydrogen-bond donors (Lipinski definition) is 1. The lowest BCUT2D eigenvalue weighted by molar-refractivity contribution is -0.119. The molecule has 6 heteroatoms. The fraction of sp³-hybridized carbons (Fsp3) is 0.250. The fourth-order valence-corrected chi connectivity index (χ4v) is 4.01. The third-order valence-electron chi connectivity index (χ3n) is 4.82. The molecule has 1 aliphatic rings. The highest BCUT2D eigenvalue weighted by Crippen LogP contribution is 2.44. The Labute approximate surface area is 156 Å². The Morgan fingerprint density at radius 3 is 2.50 bits per heavy atom. The highest BCUT2D eigenvalue weighted by Gasteiger charge is 2.33. The topological polar surface area (TPSA) is 59.8 Å². The molecule has 5 nitrogen and oxygen atoms in total. The molecule has 1 unspecified atom stereocenters. The molecule has 1 aliphatic carbocycles. The molecule has 0 fully saturated rings. The summed E-state index contributed by atoms with van der Waals surface area (Å²) in [4.78, 5) is 13.2. The third-order valence-corrected chi connectivity index (χ3v) is 5.31. The normalized spacial score (nSPS) is 14.9. The SMILES string of the molecule is CSNCCC(=O)C1c2ccccc2-c2nnn(C)c2-c2ccccc21. The van der Waals surface area contributed by atoms with E-state index in [1.165, 1.54) is 11.9 Å². The molecule has 4 rings (SSSR count). The molecule has 1 aromatic heterocycles. The second-order valence-electron chi connectivity index (χ2n) is 6.33. The maximum Gasteiger partial charge on any atom is 0.146 e. The Hall–Kier alpha value is -2.44. The van der Waals surface area contributed by atoms with Gasteiger partial charge in [-0.25, -0.2) is 4.68 Å². The molecule has 1 atom stereocenters. The zero-order valence-corrected chi connectivity index (χ0v) is 15.6. The molecular weight excluding hydrogens is 344 g/mol. The monoisotopic (exact) mass is 364 g/mol. The van der Waals surface area contributed by atoms with Crippen molar-refractivity contribution in [2.75, 3.05) is 12.8 Å². The quantitative estimate of drug-likeness (QED) is 0.555. The van der Waals surface area contributed by atoms with Crippen LogP contribution in [0.25, 0.3) is 22.5 Å². The van der Waals surface area contributed by atoms with Crippen molar-refractivity contribution in [3.63, 3.8) is 0 Å². The summed E-state index contributed by atoms with van der Waals surface area (Å²) in [6.07, 6.45) is 2.45. The number of rotatable bonds is 5. The standard InChI is InChI=1S/C20H20N4OS/c1-24-20-16-10-6-4-8-14(16)18(17(25)11-12-21-26-2)13-7-3-5-9-15(13)19(20)22-23-24/h3-10,18,21H,11-12H2,1-2H3. The van der Waals surface area contributed by atoms with E-state index in [4.69, 9.17) is 0 Å². The van der Waals surface area contributed by atoms with Crippen LogP contribution in [-0.4, -0.2) is 33.6 Å². The summed E-state index contributed by atoms with van der Waals surface area (Å²) in [5.41, 5.74) is 5.86. The molecule has 0 saturated heterocycles. The molecule has 1 heterocycles. The van der Waals surface area contributed by atoms with Gasteiger partial charge in [0.2, 0.25) is 0 Å². The van der Waals surface area contributed by atoms with E-state index in [1.54, 1.807) is 4.68 Å². The van der Waals surface area contributed by atoms with Crippen LogP contribution in [-0.2, 0) is 11.8 Å². The van der Waals surface area contributed by atoms with Crippen LogP contribution >= 0.6 is 11.9 Å². The van der Waals surface area contributed by atoms with E-state index in [0.29, 0.717) is 13.0 Å². The lowest BCUT2D eigenvalue weighted by atomic mass is 9.83. The van der Waals surface area contributed by atoms with Crippen molar-refractivity contribution in [1.82, 2.24) is 19.7 Å². The van der Waals surface area contributed by atoms with Crippen molar-refractivity contribution in [2.24, 2.45) is 7.05 Å². The zero-order valence-electron chi connectivity index (χ0n) is 14.8. The Kier molecular flexibility index (Phi) is 4.61. The van der Waals surface area contributed by atoms with Crippen LogP contribution in [0.3, 0.4) is 0 Å². The van der Waals surface area contributed by atoms with Crippen LogP contribution in [0.4, 0.5) is 0 Å². The molecule has 1 N–H and O–H groups in total. The lowest BCUT2D eigenvalue weighted by Crippen LogP contribution is -2.19. The van der Waals surface area contributed by atoms with Gasteiger partial charge in [-0.2, -0.15) is 0 Å². The zero-order chi connectivity index (χ0) is 18.1. The minimum Gasteiger partial charge on any atom is -0.299 e. The predicted octanol–water partition coefficient (Wildman–Crippen LogP) is 3.42. The summed E-state index contributed by atoms with van der Waals surface area (Å²) in [5, 5.41) is 8.65. The van der Waals surface area contributed by atoms with Gasteiger partial charge in [0.15, 0.2) is 0 Å². The average molecular weight is 364 g/mol. The van der Waals surface area contributed by atoms with Gasteiger partial charge in [-0.1, -0.05) is 65.7 Å². The summed E-state index contributed by atoms with van der Waals surface area (Å²) >= 11 is 1.53. The summed E-state index contributed by atoms with van der Waals surface area (Å²) in [5.74, 6) is -0.0764. The summed E-state index contributed by atoms with van der Waals surface area (Å²) in [6, 6.07) is 16.2. The van der Waals surface area contributed by atoms with Gasteiger partial charge in [0.05, 0.1) is 11.6 Å². The van der Waals surface area contributed by atoms with Crippen molar-refractivity contribution < 1.29 is 4.79 Å². The van der Waals surface area contributed by atoms with E-state index >= 15 is 0 Å². The van der Waals surface area contributed by atoms with Gasteiger partial charge in [-0.15, -0.1) is 5.10 Å². The number of hydrogen-bond acceptors (Lipinski definition) is 5. The first kappa shape index (κ1) is 17.0. The van der Waals surface area contributed by atoms with Crippen LogP contribution in [0.5, 0.6) is 0 Å². The molecule has 2 aromatic carbocycles. The van der Waals surface area contributed by atoms with E-state index in [2.05, 4.69) is 27.2 Å². The molecule has 0 amide bonds. The first-order chi connectivity index (χ1) is 12.7. The van der Waals surface area contributed by atoms with Crippen molar-refractivity contribution >= 4 is 17.7 Å². The van der Waals surface area contributed by atoms with E-state index in [9.17, 15) is 4.79 Å². The number of benzene rings is 2. The minimum absolute atomic E-state index is 0.215. The fourth-order valence-electron chi connectivity index (χ4n) is 3.70. The molecule has 0 spiro atoms. The molecular formula is C20H20N4OS. The van der Waals surface area contributed by atoms with Gasteiger partial charge in [-0.3, -0.25) is 9.52 Å². The molecule has 0 saturated carbocycles. The number of fused-ring (bicyclic) bond motifs is 5. The van der Waals surface area contributed by atoms with Gasteiger partial charge in [0.1, 0.15) is 11.5 Å². The predicted molar refractivity (Wildman–Crippen MR) is 105 cm³/mol. The largest absolute Gasteiger partial charge is 0.299 e. The van der Waals surface area contributed by atoms with Gasteiger partial charge >= 0.3 is 0 Å². The van der Waals surface area contributed by atoms with Crippen LogP contribution in [0.15, 0.2) is 48.5 Å². The lowest BCUT2D eigenvalue weighted by Gasteiger charge is -2.19. The van der Waals surface area contributed by atoms with Gasteiger partial charge < -0.3 is 0 Å². The highest BCUT2D eigenvalue weighted by atomic mass is 32.2. The molecule has 0 radical (unpaired) electrons. The average Bonchev–Trinajstić information content (AvgIpc) is 2.98. The molecule has 132 valence electrons. The second-order valence-corrected chi connectivity index (χ2v) is 7.03. The van der Waals surface area contributed by atoms with Gasteiger partial charge in [0, 0.05) is 31.1 Å². The maximum atomic E-state index is 13.2. The van der Waals surface area contributed by atoms with E-state index in [0.717, 1.165) is 33.6 Å². The first-order valence-electron chi connectivity index (χ1n) is 8.59. The van der Waals surface area contributed by atoms with Crippen LogP contribution in [0, 0.1) is 0 Å². The molecule has 0 bridgehead atoms. The Morgan fingerprint density at radius 2 is 1.77 bits per heavy atom. The van der Waals surface area contributed by atoms with E-state index in [1.807, 2.05) is 49.7 Å². The molecule has 26 heavy (non-hydrogen) atoms. The molecule has 3 aromatic rings. The number of nitrogens with zero attached hydrogens (tertiary/aromatic N) is 3. The van der Waals surface area contributed by atoms with Crippen molar-refractivity contribution in [3.05, 3.63) is 59.7 Å². The Balaban J connectivity index is 1.93. The number of ketones is 1. The van der Waals surface area contributed by atoms with E-state index < -0.39 is 0 Å². The third kappa shape index (κ3) is 2.75. The number of Topliss-reactive ketones (excluding diaryl/α,β-unsaturated/α-hetero) is 1. The van der Waals surface area contributed by atoms with Gasteiger partial charge in [0.25, 0.3) is 0 Å². The number of carbonyl (C=O) groups excluding carboxylic acids is 1. The number of nitrogens with one attached hydrogen (secondary N) is 1. The Morgan fingerprint density at radius 1 is 1.12 bits per heavy atom. The summed E-state index contributed by atoms with van der Waals surface area (Å²) < 4.78 is 4.97. The summed E-state index contributed by atoms with van der Waals surface area (Å²) in [6.45, 7) is 0.660. The first-order valence-corrected chi connectivity index (χ1v) is 9.81. The number of aromatic nitrogens is 3. The van der Waals surface area contributed by atoms with Crippen molar-refractivity contribution in [2.45, 2.75) is 12.3 Å². The second kappa shape index (κ2) is 7.05. The van der Waals surface area contributed by atoms with E-state index in [-0.39, 0.29) is 11.7 Å². The maximum absolute atomic E-state index is 13.2. The Bertz CT molecular complexity index is 966. The van der Waals surface area contributed by atoms with Crippen LogP contribution in [0.1, 0.15) is 23.5 Å². The van der Waals surface area contributed by atoms with Crippen molar-refractivity contribution in [1.29, 1.82) is 0 Å². The summed E-state index contributed by atoms with van der Waals surface area (Å²) in [7, 11) is 1.90. The smallest absolute Gasteiger partial charge is 0.146 e. The van der Waals surface area contributed by atoms with Crippen LogP contribution < -0.4 is 4.72 Å². The van der Waals surface area contributed by atoms with Crippen LogP contribution in [0.2, 0.25) is 0 Å². The minimum atomic E-state index is -0.291.